The molecule has 1 saturated heterocycles. The Morgan fingerprint density at radius 3 is 2.68 bits per heavy atom. The van der Waals surface area contributed by atoms with E-state index in [9.17, 15) is 4.79 Å². The van der Waals surface area contributed by atoms with Gasteiger partial charge < -0.3 is 4.90 Å². The Kier molecular flexibility index (Phi) is 4.14. The summed E-state index contributed by atoms with van der Waals surface area (Å²) in [4.78, 5) is 16.4. The van der Waals surface area contributed by atoms with Crippen LogP contribution in [0.2, 0.25) is 0 Å². The molecule has 0 atom stereocenters. The lowest BCUT2D eigenvalue weighted by molar-refractivity contribution is 0.242. The zero-order valence-corrected chi connectivity index (χ0v) is 14.1. The molecule has 1 fully saturated rings. The lowest BCUT2D eigenvalue weighted by atomic mass is 10.3. The van der Waals surface area contributed by atoms with E-state index >= 15 is 0 Å². The van der Waals surface area contributed by atoms with Crippen molar-refractivity contribution in [2.75, 3.05) is 37.6 Å². The van der Waals surface area contributed by atoms with E-state index in [0.29, 0.717) is 6.54 Å². The van der Waals surface area contributed by atoms with Crippen molar-refractivity contribution >= 4 is 11.5 Å². The molecule has 3 aromatic heterocycles. The van der Waals surface area contributed by atoms with Crippen molar-refractivity contribution in [2.24, 2.45) is 0 Å². The number of piperazine rings is 1. The van der Waals surface area contributed by atoms with Gasteiger partial charge in [-0.2, -0.15) is 9.61 Å². The fraction of sp³-hybridized carbons (Fsp3) is 0.438. The van der Waals surface area contributed by atoms with Crippen molar-refractivity contribution in [3.8, 4) is 0 Å². The fourth-order valence-corrected chi connectivity index (χ4v) is 3.03. The molecule has 25 heavy (non-hydrogen) atoms. The summed E-state index contributed by atoms with van der Waals surface area (Å²) in [6, 6.07) is 7.23. The number of aryl methyl sites for hydroxylation is 1. The molecule has 0 saturated carbocycles. The van der Waals surface area contributed by atoms with E-state index in [-0.39, 0.29) is 5.56 Å². The van der Waals surface area contributed by atoms with Gasteiger partial charge >= 0.3 is 0 Å². The maximum absolute atomic E-state index is 11.8. The normalized spacial score (nSPS) is 15.8. The third kappa shape index (κ3) is 3.36. The van der Waals surface area contributed by atoms with E-state index in [0.717, 1.165) is 49.9 Å². The van der Waals surface area contributed by atoms with Crippen molar-refractivity contribution in [2.45, 2.75) is 13.5 Å². The molecule has 9 heteroatoms. The molecule has 0 aliphatic carbocycles. The Morgan fingerprint density at radius 1 is 1.00 bits per heavy atom. The predicted molar refractivity (Wildman–Crippen MR) is 92.7 cm³/mol. The summed E-state index contributed by atoms with van der Waals surface area (Å²) < 4.78 is 3.24. The smallest absolute Gasteiger partial charge is 0.266 e. The van der Waals surface area contributed by atoms with Crippen LogP contribution in [0.3, 0.4) is 0 Å². The minimum absolute atomic E-state index is 0.0457. The lowest BCUT2D eigenvalue weighted by Crippen LogP contribution is -2.48. The standard InChI is InChI=1S/C16H20N8O/c1-13-2-5-16(25)23(19-13)11-8-21-6-9-22(10-7-21)15-4-3-14-18-17-12-24(14)20-15/h2-5,12H,6-11H2,1H3. The van der Waals surface area contributed by atoms with E-state index in [4.69, 9.17) is 0 Å². The quantitative estimate of drug-likeness (QED) is 0.651. The van der Waals surface area contributed by atoms with Crippen molar-refractivity contribution < 1.29 is 0 Å². The molecule has 0 amide bonds. The van der Waals surface area contributed by atoms with Crippen molar-refractivity contribution in [1.29, 1.82) is 0 Å². The number of fused-ring (bicyclic) bond motifs is 1. The minimum atomic E-state index is -0.0457. The number of hydrogen-bond acceptors (Lipinski definition) is 7. The van der Waals surface area contributed by atoms with Crippen LogP contribution in [0.15, 0.2) is 35.4 Å². The largest absolute Gasteiger partial charge is 0.353 e. The third-order valence-electron chi connectivity index (χ3n) is 4.47. The maximum Gasteiger partial charge on any atom is 0.266 e. The molecule has 4 rings (SSSR count). The highest BCUT2D eigenvalue weighted by molar-refractivity contribution is 5.45. The molecule has 0 unspecified atom stereocenters. The number of hydrogen-bond donors (Lipinski definition) is 0. The summed E-state index contributed by atoms with van der Waals surface area (Å²) in [5.74, 6) is 0.934. The van der Waals surface area contributed by atoms with Gasteiger partial charge in [-0.25, -0.2) is 4.68 Å². The molecule has 0 bridgehead atoms. The first kappa shape index (κ1) is 15.7. The zero-order valence-electron chi connectivity index (χ0n) is 14.1. The van der Waals surface area contributed by atoms with Gasteiger partial charge in [-0.3, -0.25) is 9.69 Å². The van der Waals surface area contributed by atoms with E-state index in [2.05, 4.69) is 30.2 Å². The number of nitrogens with zero attached hydrogens (tertiary/aromatic N) is 8. The second-order valence-corrected chi connectivity index (χ2v) is 6.19. The topological polar surface area (TPSA) is 84.5 Å². The van der Waals surface area contributed by atoms with Gasteiger partial charge in [0.15, 0.2) is 5.65 Å². The van der Waals surface area contributed by atoms with E-state index < -0.39 is 0 Å². The fourth-order valence-electron chi connectivity index (χ4n) is 3.03. The van der Waals surface area contributed by atoms with Crippen LogP contribution in [0.25, 0.3) is 5.65 Å². The van der Waals surface area contributed by atoms with Gasteiger partial charge in [0.05, 0.1) is 12.2 Å². The van der Waals surface area contributed by atoms with Crippen molar-refractivity contribution in [3.63, 3.8) is 0 Å². The second-order valence-electron chi connectivity index (χ2n) is 6.19. The molecule has 0 aromatic carbocycles. The van der Waals surface area contributed by atoms with Crippen molar-refractivity contribution in [1.82, 2.24) is 34.5 Å². The van der Waals surface area contributed by atoms with Crippen LogP contribution >= 0.6 is 0 Å². The van der Waals surface area contributed by atoms with Crippen LogP contribution in [0.5, 0.6) is 0 Å². The third-order valence-corrected chi connectivity index (χ3v) is 4.47. The van der Waals surface area contributed by atoms with Gasteiger partial charge in [0.25, 0.3) is 5.56 Å². The summed E-state index contributed by atoms with van der Waals surface area (Å²) in [7, 11) is 0. The van der Waals surface area contributed by atoms with Gasteiger partial charge in [0.1, 0.15) is 12.1 Å². The van der Waals surface area contributed by atoms with Gasteiger partial charge in [-0.05, 0) is 25.1 Å². The van der Waals surface area contributed by atoms with Gasteiger partial charge in [-0.1, -0.05) is 0 Å². The molecule has 3 aromatic rings. The maximum atomic E-state index is 11.8. The van der Waals surface area contributed by atoms with Crippen molar-refractivity contribution in [3.05, 3.63) is 46.6 Å². The zero-order chi connectivity index (χ0) is 17.2. The van der Waals surface area contributed by atoms with Gasteiger partial charge in [0, 0.05) is 38.8 Å². The Bertz CT molecular complexity index is 925. The molecular weight excluding hydrogens is 320 g/mol. The SMILES string of the molecule is Cc1ccc(=O)n(CCN2CCN(c3ccc4nncn4n3)CC2)n1. The molecule has 130 valence electrons. The summed E-state index contributed by atoms with van der Waals surface area (Å²) in [5, 5.41) is 16.7. The Labute approximate surface area is 144 Å². The highest BCUT2D eigenvalue weighted by Crippen LogP contribution is 2.13. The average Bonchev–Trinajstić information content (AvgIpc) is 3.10. The first-order valence-electron chi connectivity index (χ1n) is 8.38. The number of anilines is 1. The number of aromatic nitrogens is 6. The van der Waals surface area contributed by atoms with Crippen LogP contribution in [-0.2, 0) is 6.54 Å². The van der Waals surface area contributed by atoms with Crippen LogP contribution < -0.4 is 10.5 Å². The van der Waals surface area contributed by atoms with Crippen LogP contribution in [0.4, 0.5) is 5.82 Å². The molecule has 0 radical (unpaired) electrons. The molecule has 1 aliphatic heterocycles. The highest BCUT2D eigenvalue weighted by atomic mass is 16.1. The number of rotatable bonds is 4. The molecule has 0 N–H and O–H groups in total. The summed E-state index contributed by atoms with van der Waals surface area (Å²) in [6.07, 6.45) is 1.61. The molecule has 9 nitrogen and oxygen atoms in total. The Balaban J connectivity index is 1.35. The molecule has 4 heterocycles. The molecular formula is C16H20N8O. The van der Waals surface area contributed by atoms with E-state index in [1.807, 2.05) is 19.1 Å². The van der Waals surface area contributed by atoms with Crippen LogP contribution in [0.1, 0.15) is 5.69 Å². The molecule has 1 aliphatic rings. The Hall–Kier alpha value is -2.81. The monoisotopic (exact) mass is 340 g/mol. The van der Waals surface area contributed by atoms with Gasteiger partial charge in [0.2, 0.25) is 0 Å². The second kappa shape index (κ2) is 6.60. The van der Waals surface area contributed by atoms with E-state index in [1.54, 1.807) is 27.7 Å². The average molecular weight is 340 g/mol. The summed E-state index contributed by atoms with van der Waals surface area (Å²) in [5.41, 5.74) is 1.56. The Morgan fingerprint density at radius 2 is 1.84 bits per heavy atom. The van der Waals surface area contributed by atoms with Gasteiger partial charge in [-0.15, -0.1) is 15.3 Å². The van der Waals surface area contributed by atoms with Crippen LogP contribution in [0, 0.1) is 6.92 Å². The first-order valence-corrected chi connectivity index (χ1v) is 8.38. The predicted octanol–water partition coefficient (Wildman–Crippen LogP) is -0.188. The first-order chi connectivity index (χ1) is 12.2. The van der Waals surface area contributed by atoms with E-state index in [1.165, 1.54) is 0 Å². The summed E-state index contributed by atoms with van der Waals surface area (Å²) >= 11 is 0. The highest BCUT2D eigenvalue weighted by Gasteiger charge is 2.18. The minimum Gasteiger partial charge on any atom is -0.353 e. The molecule has 0 spiro atoms. The lowest BCUT2D eigenvalue weighted by Gasteiger charge is -2.35. The van der Waals surface area contributed by atoms with Crippen LogP contribution in [-0.4, -0.2) is 67.2 Å². The summed E-state index contributed by atoms with van der Waals surface area (Å²) in [6.45, 7) is 7.00.